The lowest BCUT2D eigenvalue weighted by Gasteiger charge is -2.20. The van der Waals surface area contributed by atoms with Crippen LogP contribution in [0.25, 0.3) is 0 Å². The molecule has 7 nitrogen and oxygen atoms in total. The Bertz CT molecular complexity index is 1240. The zero-order valence-electron chi connectivity index (χ0n) is 17.3. The molecule has 0 saturated heterocycles. The highest BCUT2D eigenvalue weighted by molar-refractivity contribution is 7.89. The zero-order chi connectivity index (χ0) is 22.0. The second kappa shape index (κ2) is 8.49. The van der Waals surface area contributed by atoms with Gasteiger partial charge in [0, 0.05) is 19.3 Å². The molecule has 1 amide bonds. The quantitative estimate of drug-likeness (QED) is 0.629. The summed E-state index contributed by atoms with van der Waals surface area (Å²) in [5, 5.41) is 0. The number of pyridine rings is 1. The second-order valence-electron chi connectivity index (χ2n) is 7.29. The van der Waals surface area contributed by atoms with Gasteiger partial charge in [-0.25, -0.2) is 18.1 Å². The van der Waals surface area contributed by atoms with Crippen LogP contribution in [-0.4, -0.2) is 25.9 Å². The number of hydrogen-bond acceptors (Lipinski definition) is 5. The molecule has 0 atom stereocenters. The van der Waals surface area contributed by atoms with E-state index in [9.17, 15) is 13.2 Å². The predicted octanol–water partition coefficient (Wildman–Crippen LogP) is 4.03. The van der Waals surface area contributed by atoms with Gasteiger partial charge >= 0.3 is 0 Å². The van der Waals surface area contributed by atoms with Crippen LogP contribution in [0.4, 0.5) is 5.82 Å². The molecule has 0 aliphatic carbocycles. The number of hydrogen-bond donors (Lipinski definition) is 1. The summed E-state index contributed by atoms with van der Waals surface area (Å²) >= 11 is 0. The summed E-state index contributed by atoms with van der Waals surface area (Å²) in [5.74, 6) is 0.838. The van der Waals surface area contributed by atoms with Crippen LogP contribution >= 0.6 is 0 Å². The molecule has 1 aromatic heterocycles. The fourth-order valence-corrected chi connectivity index (χ4v) is 4.48. The summed E-state index contributed by atoms with van der Waals surface area (Å²) in [7, 11) is -3.83. The van der Waals surface area contributed by atoms with Crippen LogP contribution in [0.5, 0.6) is 11.5 Å². The molecule has 1 N–H and O–H groups in total. The maximum absolute atomic E-state index is 13.3. The van der Waals surface area contributed by atoms with Gasteiger partial charge in [0.15, 0.2) is 11.6 Å². The maximum Gasteiger partial charge on any atom is 0.263 e. The van der Waals surface area contributed by atoms with Gasteiger partial charge in [0.25, 0.3) is 5.91 Å². The molecule has 4 rings (SSSR count). The Morgan fingerprint density at radius 2 is 1.87 bits per heavy atom. The van der Waals surface area contributed by atoms with Crippen molar-refractivity contribution < 1.29 is 17.9 Å². The number of carbonyl (C=O) groups excluding carboxylic acids is 1. The highest BCUT2D eigenvalue weighted by Crippen LogP contribution is 2.38. The topological polar surface area (TPSA) is 88.6 Å². The van der Waals surface area contributed by atoms with E-state index < -0.39 is 10.0 Å². The fourth-order valence-electron chi connectivity index (χ4n) is 3.45. The first kappa shape index (κ1) is 21.0. The van der Waals surface area contributed by atoms with Gasteiger partial charge in [-0.05, 0) is 54.8 Å². The van der Waals surface area contributed by atoms with E-state index in [1.807, 2.05) is 38.1 Å². The van der Waals surface area contributed by atoms with Crippen LogP contribution in [0.15, 0.2) is 65.7 Å². The van der Waals surface area contributed by atoms with Crippen LogP contribution < -0.4 is 14.4 Å². The molecule has 0 spiro atoms. The van der Waals surface area contributed by atoms with Crippen molar-refractivity contribution in [3.8, 4) is 11.5 Å². The van der Waals surface area contributed by atoms with Gasteiger partial charge in [0.1, 0.15) is 5.75 Å². The predicted molar refractivity (Wildman–Crippen MR) is 118 cm³/mol. The minimum absolute atomic E-state index is 0.00662. The molecule has 1 aliphatic rings. The van der Waals surface area contributed by atoms with Gasteiger partial charge in [0.05, 0.1) is 10.5 Å². The summed E-state index contributed by atoms with van der Waals surface area (Å²) in [6, 6.07) is 15.4. The Morgan fingerprint density at radius 1 is 1.06 bits per heavy atom. The van der Waals surface area contributed by atoms with Crippen molar-refractivity contribution in [2.75, 3.05) is 11.4 Å². The maximum atomic E-state index is 13.3. The first-order valence-electron chi connectivity index (χ1n) is 10.0. The lowest BCUT2D eigenvalue weighted by molar-refractivity contribution is 0.0986. The van der Waals surface area contributed by atoms with Crippen LogP contribution in [0.1, 0.15) is 34.8 Å². The van der Waals surface area contributed by atoms with Gasteiger partial charge in [-0.3, -0.25) is 9.69 Å². The largest absolute Gasteiger partial charge is 0.453 e. The van der Waals surface area contributed by atoms with Crippen molar-refractivity contribution in [1.29, 1.82) is 0 Å². The van der Waals surface area contributed by atoms with Crippen molar-refractivity contribution in [2.45, 2.75) is 31.7 Å². The third kappa shape index (κ3) is 4.17. The van der Waals surface area contributed by atoms with Crippen molar-refractivity contribution in [3.63, 3.8) is 0 Å². The van der Waals surface area contributed by atoms with Crippen molar-refractivity contribution in [1.82, 2.24) is 9.71 Å². The molecule has 2 heterocycles. The molecule has 0 fully saturated rings. The Morgan fingerprint density at radius 3 is 2.65 bits per heavy atom. The number of aromatic nitrogens is 1. The van der Waals surface area contributed by atoms with Crippen molar-refractivity contribution in [3.05, 3.63) is 77.5 Å². The summed E-state index contributed by atoms with van der Waals surface area (Å²) in [4.78, 5) is 19.1. The number of nitrogens with zero attached hydrogens (tertiary/aromatic N) is 2. The number of rotatable bonds is 6. The van der Waals surface area contributed by atoms with Gasteiger partial charge < -0.3 is 4.74 Å². The number of amides is 1. The van der Waals surface area contributed by atoms with Crippen LogP contribution in [0.3, 0.4) is 0 Å². The van der Waals surface area contributed by atoms with E-state index in [0.29, 0.717) is 30.3 Å². The average Bonchev–Trinajstić information content (AvgIpc) is 2.88. The number of fused-ring (bicyclic) bond motifs is 2. The monoisotopic (exact) mass is 437 g/mol. The first-order valence-corrected chi connectivity index (χ1v) is 11.5. The highest BCUT2D eigenvalue weighted by Gasteiger charge is 2.30. The zero-order valence-corrected chi connectivity index (χ0v) is 18.1. The molecule has 0 unspecified atom stereocenters. The van der Waals surface area contributed by atoms with Gasteiger partial charge in [0.2, 0.25) is 10.0 Å². The number of aryl methyl sites for hydroxylation is 1. The third-order valence-electron chi connectivity index (χ3n) is 5.12. The van der Waals surface area contributed by atoms with E-state index in [4.69, 9.17) is 4.74 Å². The summed E-state index contributed by atoms with van der Waals surface area (Å²) in [6.07, 6.45) is 2.31. The van der Waals surface area contributed by atoms with Gasteiger partial charge in [-0.2, -0.15) is 0 Å². The third-order valence-corrected chi connectivity index (χ3v) is 6.52. The van der Waals surface area contributed by atoms with E-state index in [0.717, 1.165) is 11.1 Å². The van der Waals surface area contributed by atoms with E-state index in [1.165, 1.54) is 23.1 Å². The molecule has 1 aliphatic heterocycles. The van der Waals surface area contributed by atoms with Crippen molar-refractivity contribution in [2.24, 2.45) is 0 Å². The number of ether oxygens (including phenoxy) is 1. The molecule has 0 bridgehead atoms. The lowest BCUT2D eigenvalue weighted by atomic mass is 10.1. The smallest absolute Gasteiger partial charge is 0.263 e. The number of sulfonamides is 1. The highest BCUT2D eigenvalue weighted by atomic mass is 32.2. The molecule has 8 heteroatoms. The van der Waals surface area contributed by atoms with Crippen LogP contribution in [-0.2, 0) is 16.6 Å². The number of carbonyl (C=O) groups is 1. The minimum Gasteiger partial charge on any atom is -0.453 e. The number of benzene rings is 2. The summed E-state index contributed by atoms with van der Waals surface area (Å²) < 4.78 is 34.4. The Balaban J connectivity index is 1.68. The second-order valence-corrected chi connectivity index (χ2v) is 9.06. The SMILES string of the molecule is CCCN1C(=O)c2cc(S(=O)(=O)NCc3ccccc3C)ccc2Oc2cccnc21. The van der Waals surface area contributed by atoms with E-state index in [1.54, 1.807) is 18.3 Å². The molecular weight excluding hydrogens is 414 g/mol. The number of nitrogens with one attached hydrogen (secondary N) is 1. The molecule has 2 aromatic carbocycles. The lowest BCUT2D eigenvalue weighted by Crippen LogP contribution is -2.32. The average molecular weight is 438 g/mol. The first-order chi connectivity index (χ1) is 14.9. The van der Waals surface area contributed by atoms with Crippen LogP contribution in [0, 0.1) is 6.92 Å². The molecular formula is C23H23N3O4S. The molecule has 160 valence electrons. The number of anilines is 1. The van der Waals surface area contributed by atoms with Gasteiger partial charge in [-0.1, -0.05) is 31.2 Å². The summed E-state index contributed by atoms with van der Waals surface area (Å²) in [5.41, 5.74) is 2.07. The summed E-state index contributed by atoms with van der Waals surface area (Å²) in [6.45, 7) is 4.48. The van der Waals surface area contributed by atoms with E-state index in [-0.39, 0.29) is 22.9 Å². The molecule has 0 saturated carbocycles. The molecule has 3 aromatic rings. The Labute approximate surface area is 181 Å². The molecule has 31 heavy (non-hydrogen) atoms. The fraction of sp³-hybridized carbons (Fsp3) is 0.217. The Kier molecular flexibility index (Phi) is 5.75. The van der Waals surface area contributed by atoms with Gasteiger partial charge in [-0.15, -0.1) is 0 Å². The molecule has 0 radical (unpaired) electrons. The minimum atomic E-state index is -3.83. The van der Waals surface area contributed by atoms with E-state index in [2.05, 4.69) is 9.71 Å². The Hall–Kier alpha value is -3.23. The standard InChI is InChI=1S/C23H23N3O4S/c1-3-13-26-22-21(9-6-12-24-22)30-20-11-10-18(14-19(20)23(26)27)31(28,29)25-15-17-8-5-4-7-16(17)2/h4-12,14,25H,3,13,15H2,1-2H3. The normalized spacial score (nSPS) is 13.2. The van der Waals surface area contributed by atoms with E-state index >= 15 is 0 Å². The van der Waals surface area contributed by atoms with Crippen molar-refractivity contribution >= 4 is 21.7 Å². The van der Waals surface area contributed by atoms with Crippen LogP contribution in [0.2, 0.25) is 0 Å².